The van der Waals surface area contributed by atoms with Crippen LogP contribution in [0.4, 0.5) is 0 Å². The second kappa shape index (κ2) is 3.93. The molecule has 3 rings (SSSR count). The molecule has 1 aliphatic rings. The fraction of sp³-hybridized carbons (Fsp3) is 0.357. The van der Waals surface area contributed by atoms with Crippen molar-refractivity contribution in [2.45, 2.75) is 25.3 Å². The van der Waals surface area contributed by atoms with E-state index in [-0.39, 0.29) is 5.54 Å². The van der Waals surface area contributed by atoms with Crippen molar-refractivity contribution in [2.24, 2.45) is 0 Å². The molecule has 0 fully saturated rings. The van der Waals surface area contributed by atoms with E-state index in [1.165, 1.54) is 21.7 Å². The Kier molecular flexibility index (Phi) is 2.53. The lowest BCUT2D eigenvalue weighted by Gasteiger charge is -2.28. The Morgan fingerprint density at radius 2 is 2.29 bits per heavy atom. The second-order valence-corrected chi connectivity index (χ2v) is 5.55. The van der Waals surface area contributed by atoms with Crippen LogP contribution in [-0.2, 0) is 12.0 Å². The molecule has 0 bridgehead atoms. The number of fused-ring (bicyclic) bond motifs is 1. The Balaban J connectivity index is 2.20. The molecular weight excluding hydrogens is 228 g/mol. The first-order valence-corrected chi connectivity index (χ1v) is 6.83. The molecule has 0 saturated heterocycles. The van der Waals surface area contributed by atoms with Crippen LogP contribution >= 0.6 is 11.3 Å². The molecule has 88 valence electrons. The fourth-order valence-electron chi connectivity index (χ4n) is 2.79. The second-order valence-electron chi connectivity index (χ2n) is 4.65. The summed E-state index contributed by atoms with van der Waals surface area (Å²) in [5.41, 5.74) is 4.13. The topological polar surface area (TPSA) is 24.9 Å². The van der Waals surface area contributed by atoms with E-state index < -0.39 is 0 Å². The molecule has 1 aromatic heterocycles. The van der Waals surface area contributed by atoms with Gasteiger partial charge < -0.3 is 5.32 Å². The van der Waals surface area contributed by atoms with Gasteiger partial charge in [-0.25, -0.2) is 4.98 Å². The van der Waals surface area contributed by atoms with E-state index in [4.69, 9.17) is 0 Å². The number of nitrogens with zero attached hydrogens (tertiary/aromatic N) is 1. The van der Waals surface area contributed by atoms with Gasteiger partial charge in [-0.05, 0) is 37.9 Å². The van der Waals surface area contributed by atoms with Crippen LogP contribution in [0.1, 0.15) is 28.1 Å². The highest BCUT2D eigenvalue weighted by Crippen LogP contribution is 2.42. The maximum absolute atomic E-state index is 4.53. The molecule has 2 aromatic rings. The van der Waals surface area contributed by atoms with E-state index in [9.17, 15) is 0 Å². The summed E-state index contributed by atoms with van der Waals surface area (Å²) in [7, 11) is 2.04. The summed E-state index contributed by atoms with van der Waals surface area (Å²) >= 11 is 1.74. The third-order valence-corrected chi connectivity index (χ3v) is 4.65. The predicted octanol–water partition coefficient (Wildman–Crippen LogP) is 2.86. The highest BCUT2D eigenvalue weighted by atomic mass is 32.1. The Bertz CT molecular complexity index is 533. The van der Waals surface area contributed by atoms with E-state index in [1.54, 1.807) is 11.3 Å². The van der Waals surface area contributed by atoms with Crippen LogP contribution in [-0.4, -0.2) is 12.0 Å². The average molecular weight is 244 g/mol. The van der Waals surface area contributed by atoms with Crippen molar-refractivity contribution >= 4 is 11.3 Å². The summed E-state index contributed by atoms with van der Waals surface area (Å²) < 4.78 is 0. The Morgan fingerprint density at radius 1 is 1.41 bits per heavy atom. The average Bonchev–Trinajstić information content (AvgIpc) is 2.95. The van der Waals surface area contributed by atoms with Crippen LogP contribution in [0, 0.1) is 6.92 Å². The number of hydrogen-bond donors (Lipinski definition) is 1. The molecule has 1 unspecified atom stereocenters. The third-order valence-electron chi connectivity index (χ3n) is 3.72. The molecule has 0 spiro atoms. The van der Waals surface area contributed by atoms with Crippen LogP contribution < -0.4 is 5.32 Å². The predicted molar refractivity (Wildman–Crippen MR) is 71.5 cm³/mol. The van der Waals surface area contributed by atoms with E-state index >= 15 is 0 Å². The van der Waals surface area contributed by atoms with Crippen molar-refractivity contribution in [1.82, 2.24) is 10.3 Å². The van der Waals surface area contributed by atoms with Gasteiger partial charge in [-0.3, -0.25) is 0 Å². The van der Waals surface area contributed by atoms with Gasteiger partial charge in [-0.1, -0.05) is 23.8 Å². The molecule has 2 nitrogen and oxygen atoms in total. The third kappa shape index (κ3) is 1.53. The van der Waals surface area contributed by atoms with Crippen LogP contribution in [0.3, 0.4) is 0 Å². The molecule has 17 heavy (non-hydrogen) atoms. The molecule has 1 aromatic carbocycles. The number of nitrogens with one attached hydrogen (secondary N) is 1. The fourth-order valence-corrected chi connectivity index (χ4v) is 3.67. The van der Waals surface area contributed by atoms with Crippen molar-refractivity contribution < 1.29 is 0 Å². The van der Waals surface area contributed by atoms with Crippen molar-refractivity contribution in [2.75, 3.05) is 7.05 Å². The number of rotatable bonds is 2. The Morgan fingerprint density at radius 3 is 3.00 bits per heavy atom. The maximum atomic E-state index is 4.53. The van der Waals surface area contributed by atoms with Gasteiger partial charge in [0, 0.05) is 11.6 Å². The number of thiazole rings is 1. The van der Waals surface area contributed by atoms with Gasteiger partial charge >= 0.3 is 0 Å². The molecule has 0 aliphatic heterocycles. The van der Waals surface area contributed by atoms with Crippen LogP contribution in [0.25, 0.3) is 0 Å². The largest absolute Gasteiger partial charge is 0.305 e. The van der Waals surface area contributed by atoms with Gasteiger partial charge in [-0.2, -0.15) is 0 Å². The van der Waals surface area contributed by atoms with E-state index in [0.29, 0.717) is 0 Å². The molecule has 1 aliphatic carbocycles. The Labute approximate surface area is 106 Å². The zero-order valence-electron chi connectivity index (χ0n) is 10.2. The minimum Gasteiger partial charge on any atom is -0.305 e. The molecule has 3 heteroatoms. The van der Waals surface area contributed by atoms with Crippen molar-refractivity contribution in [3.8, 4) is 0 Å². The van der Waals surface area contributed by atoms with Crippen LogP contribution in [0.15, 0.2) is 29.8 Å². The summed E-state index contributed by atoms with van der Waals surface area (Å²) in [4.78, 5) is 4.53. The normalized spacial score (nSPS) is 22.7. The lowest BCUT2D eigenvalue weighted by molar-refractivity contribution is 0.434. The molecule has 0 saturated carbocycles. The summed E-state index contributed by atoms with van der Waals surface area (Å²) in [6, 6.07) is 6.77. The van der Waals surface area contributed by atoms with E-state index in [2.05, 4.69) is 40.8 Å². The van der Waals surface area contributed by atoms with Crippen molar-refractivity contribution in [1.29, 1.82) is 0 Å². The molecular formula is C14H16N2S. The summed E-state index contributed by atoms with van der Waals surface area (Å²) in [6.45, 7) is 2.15. The van der Waals surface area contributed by atoms with Gasteiger partial charge in [0.2, 0.25) is 0 Å². The van der Waals surface area contributed by atoms with Gasteiger partial charge in [-0.15, -0.1) is 11.3 Å². The number of benzene rings is 1. The molecule has 1 heterocycles. The summed E-state index contributed by atoms with van der Waals surface area (Å²) in [5, 5.41) is 6.75. The van der Waals surface area contributed by atoms with Crippen LogP contribution in [0.2, 0.25) is 0 Å². The van der Waals surface area contributed by atoms with Crippen molar-refractivity contribution in [3.63, 3.8) is 0 Å². The zero-order valence-corrected chi connectivity index (χ0v) is 11.0. The SMILES string of the molecule is CNC1(c2nccs2)CCc2ccc(C)cc21. The van der Waals surface area contributed by atoms with Gasteiger partial charge in [0.15, 0.2) is 0 Å². The summed E-state index contributed by atoms with van der Waals surface area (Å²) in [5.74, 6) is 0. The lowest BCUT2D eigenvalue weighted by atomic mass is 9.91. The first-order valence-electron chi connectivity index (χ1n) is 5.95. The van der Waals surface area contributed by atoms with E-state index in [1.807, 2.05) is 13.2 Å². The van der Waals surface area contributed by atoms with Gasteiger partial charge in [0.1, 0.15) is 5.01 Å². The molecule has 1 atom stereocenters. The number of aromatic nitrogens is 1. The minimum atomic E-state index is -0.0600. The Hall–Kier alpha value is -1.19. The first kappa shape index (κ1) is 10.9. The zero-order chi connectivity index (χ0) is 11.9. The van der Waals surface area contributed by atoms with Crippen molar-refractivity contribution in [3.05, 3.63) is 51.5 Å². The maximum Gasteiger partial charge on any atom is 0.117 e. The quantitative estimate of drug-likeness (QED) is 0.878. The van der Waals surface area contributed by atoms with E-state index in [0.717, 1.165) is 12.8 Å². The highest BCUT2D eigenvalue weighted by Gasteiger charge is 2.40. The van der Waals surface area contributed by atoms with Gasteiger partial charge in [0.25, 0.3) is 0 Å². The van der Waals surface area contributed by atoms with Gasteiger partial charge in [0.05, 0.1) is 5.54 Å². The number of hydrogen-bond acceptors (Lipinski definition) is 3. The first-order chi connectivity index (χ1) is 8.26. The highest BCUT2D eigenvalue weighted by molar-refractivity contribution is 7.09. The molecule has 0 radical (unpaired) electrons. The minimum absolute atomic E-state index is 0.0600. The summed E-state index contributed by atoms with van der Waals surface area (Å²) in [6.07, 6.45) is 4.14. The standard InChI is InChI=1S/C14H16N2S/c1-10-3-4-11-5-6-14(15-2,12(11)9-10)13-16-7-8-17-13/h3-4,7-9,15H,5-6H2,1-2H3. The van der Waals surface area contributed by atoms with Crippen LogP contribution in [0.5, 0.6) is 0 Å². The molecule has 1 N–H and O–H groups in total. The number of aryl methyl sites for hydroxylation is 2. The smallest absolute Gasteiger partial charge is 0.117 e. The monoisotopic (exact) mass is 244 g/mol. The lowest BCUT2D eigenvalue weighted by Crippen LogP contribution is -2.38. The molecule has 0 amide bonds.